The Morgan fingerprint density at radius 2 is 1.72 bits per heavy atom. The fourth-order valence-corrected chi connectivity index (χ4v) is 3.84. The molecular formula is C19H19Br2ClN2O. The summed E-state index contributed by atoms with van der Waals surface area (Å²) in [5, 5.41) is 0.662. The van der Waals surface area contributed by atoms with Crippen LogP contribution in [0.4, 0.5) is 0 Å². The van der Waals surface area contributed by atoms with Crippen molar-refractivity contribution in [1.82, 2.24) is 9.80 Å². The lowest BCUT2D eigenvalue weighted by molar-refractivity contribution is -0.132. The molecule has 1 saturated heterocycles. The molecule has 0 saturated carbocycles. The SMILES string of the molecule is O=C(Cc1ccccc1Cl)N1CCN(Cc2ccc(Br)c(Br)c2)CC1. The molecule has 0 aromatic heterocycles. The van der Waals surface area contributed by atoms with Crippen LogP contribution in [0, 0.1) is 0 Å². The smallest absolute Gasteiger partial charge is 0.227 e. The summed E-state index contributed by atoms with van der Waals surface area (Å²) in [6, 6.07) is 13.9. The Morgan fingerprint density at radius 3 is 2.40 bits per heavy atom. The number of carbonyl (C=O) groups excluding carboxylic acids is 1. The highest BCUT2D eigenvalue weighted by Gasteiger charge is 2.21. The molecule has 2 aromatic rings. The molecule has 2 aromatic carbocycles. The minimum absolute atomic E-state index is 0.152. The van der Waals surface area contributed by atoms with Gasteiger partial charge < -0.3 is 4.90 Å². The van der Waals surface area contributed by atoms with Gasteiger partial charge in [0, 0.05) is 46.7 Å². The van der Waals surface area contributed by atoms with Crippen LogP contribution in [0.25, 0.3) is 0 Å². The Morgan fingerprint density at radius 1 is 1.00 bits per heavy atom. The molecule has 6 heteroatoms. The van der Waals surface area contributed by atoms with Crippen molar-refractivity contribution in [3.8, 4) is 0 Å². The van der Waals surface area contributed by atoms with Crippen LogP contribution >= 0.6 is 43.5 Å². The highest BCUT2D eigenvalue weighted by atomic mass is 79.9. The predicted molar refractivity (Wildman–Crippen MR) is 109 cm³/mol. The topological polar surface area (TPSA) is 23.6 Å². The maximum Gasteiger partial charge on any atom is 0.227 e. The van der Waals surface area contributed by atoms with Crippen LogP contribution in [0.5, 0.6) is 0 Å². The third-order valence-corrected chi connectivity index (χ3v) is 6.66. The Labute approximate surface area is 170 Å². The summed E-state index contributed by atoms with van der Waals surface area (Å²) in [5.74, 6) is 0.152. The number of amides is 1. The first-order valence-electron chi connectivity index (χ1n) is 8.20. The molecule has 3 nitrogen and oxygen atoms in total. The summed E-state index contributed by atoms with van der Waals surface area (Å²) in [7, 11) is 0. The van der Waals surface area contributed by atoms with Gasteiger partial charge in [-0.15, -0.1) is 0 Å². The maximum absolute atomic E-state index is 12.5. The van der Waals surface area contributed by atoms with E-state index in [1.807, 2.05) is 29.2 Å². The average Bonchev–Trinajstić information content (AvgIpc) is 2.61. The van der Waals surface area contributed by atoms with Crippen LogP contribution in [0.15, 0.2) is 51.4 Å². The number of benzene rings is 2. The number of carbonyl (C=O) groups is 1. The lowest BCUT2D eigenvalue weighted by Gasteiger charge is -2.35. The van der Waals surface area contributed by atoms with Crippen LogP contribution in [-0.2, 0) is 17.8 Å². The van der Waals surface area contributed by atoms with Gasteiger partial charge in [-0.05, 0) is 61.2 Å². The van der Waals surface area contributed by atoms with E-state index in [1.54, 1.807) is 0 Å². The van der Waals surface area contributed by atoms with Crippen LogP contribution in [-0.4, -0.2) is 41.9 Å². The van der Waals surface area contributed by atoms with Gasteiger partial charge in [0.05, 0.1) is 6.42 Å². The number of nitrogens with zero attached hydrogens (tertiary/aromatic N) is 2. The van der Waals surface area contributed by atoms with E-state index in [2.05, 4.69) is 55.0 Å². The van der Waals surface area contributed by atoms with Gasteiger partial charge in [-0.2, -0.15) is 0 Å². The molecule has 1 heterocycles. The van der Waals surface area contributed by atoms with Gasteiger partial charge in [-0.1, -0.05) is 35.9 Å². The molecule has 1 amide bonds. The van der Waals surface area contributed by atoms with E-state index in [9.17, 15) is 4.79 Å². The summed E-state index contributed by atoms with van der Waals surface area (Å²) in [4.78, 5) is 16.8. The zero-order valence-electron chi connectivity index (χ0n) is 13.7. The Kier molecular flexibility index (Phi) is 6.55. The van der Waals surface area contributed by atoms with Gasteiger partial charge in [-0.3, -0.25) is 9.69 Å². The normalized spacial score (nSPS) is 15.4. The van der Waals surface area contributed by atoms with E-state index in [1.165, 1.54) is 5.56 Å². The standard InChI is InChI=1S/C19H19Br2ClN2O/c20-16-6-5-14(11-17(16)21)13-23-7-9-24(10-8-23)19(25)12-15-3-1-2-4-18(15)22/h1-6,11H,7-10,12-13H2. The van der Waals surface area contributed by atoms with Crippen molar-refractivity contribution in [2.24, 2.45) is 0 Å². The highest BCUT2D eigenvalue weighted by molar-refractivity contribution is 9.13. The third kappa shape index (κ3) is 5.07. The van der Waals surface area contributed by atoms with Gasteiger partial charge >= 0.3 is 0 Å². The van der Waals surface area contributed by atoms with Crippen LogP contribution < -0.4 is 0 Å². The van der Waals surface area contributed by atoms with E-state index < -0.39 is 0 Å². The van der Waals surface area contributed by atoms with Crippen LogP contribution in [0.3, 0.4) is 0 Å². The largest absolute Gasteiger partial charge is 0.340 e. The van der Waals surface area contributed by atoms with Crippen LogP contribution in [0.2, 0.25) is 5.02 Å². The molecule has 0 bridgehead atoms. The fraction of sp³-hybridized carbons (Fsp3) is 0.316. The summed E-state index contributed by atoms with van der Waals surface area (Å²) < 4.78 is 2.13. The highest BCUT2D eigenvalue weighted by Crippen LogP contribution is 2.24. The first kappa shape index (κ1) is 18.9. The zero-order valence-corrected chi connectivity index (χ0v) is 17.6. The van der Waals surface area contributed by atoms with E-state index in [-0.39, 0.29) is 5.91 Å². The second kappa shape index (κ2) is 8.67. The van der Waals surface area contributed by atoms with Crippen molar-refractivity contribution in [3.63, 3.8) is 0 Å². The average molecular weight is 487 g/mol. The summed E-state index contributed by atoms with van der Waals surface area (Å²) in [5.41, 5.74) is 2.17. The molecule has 0 N–H and O–H groups in total. The maximum atomic E-state index is 12.5. The summed E-state index contributed by atoms with van der Waals surface area (Å²) in [6.45, 7) is 4.21. The Bertz CT molecular complexity index is 761. The van der Waals surface area contributed by atoms with Gasteiger partial charge in [0.2, 0.25) is 5.91 Å². The zero-order chi connectivity index (χ0) is 17.8. The van der Waals surface area contributed by atoms with Gasteiger partial charge in [0.1, 0.15) is 0 Å². The van der Waals surface area contributed by atoms with Gasteiger partial charge in [0.25, 0.3) is 0 Å². The Balaban J connectivity index is 1.52. The molecule has 0 spiro atoms. The minimum atomic E-state index is 0.152. The lowest BCUT2D eigenvalue weighted by Crippen LogP contribution is -2.48. The van der Waals surface area contributed by atoms with E-state index in [4.69, 9.17) is 11.6 Å². The van der Waals surface area contributed by atoms with Gasteiger partial charge in [0.15, 0.2) is 0 Å². The summed E-state index contributed by atoms with van der Waals surface area (Å²) in [6.07, 6.45) is 0.374. The molecule has 0 radical (unpaired) electrons. The van der Waals surface area contributed by atoms with Crippen molar-refractivity contribution >= 4 is 49.4 Å². The first-order valence-corrected chi connectivity index (χ1v) is 10.2. The fourth-order valence-electron chi connectivity index (χ4n) is 2.97. The monoisotopic (exact) mass is 484 g/mol. The molecule has 1 aliphatic heterocycles. The Hall–Kier alpha value is -0.880. The van der Waals surface area contributed by atoms with E-state index >= 15 is 0 Å². The molecule has 0 atom stereocenters. The molecule has 1 fully saturated rings. The molecule has 132 valence electrons. The third-order valence-electron chi connectivity index (χ3n) is 4.41. The van der Waals surface area contributed by atoms with Crippen molar-refractivity contribution in [2.75, 3.05) is 26.2 Å². The molecule has 0 aliphatic carbocycles. The van der Waals surface area contributed by atoms with E-state index in [0.29, 0.717) is 11.4 Å². The molecular weight excluding hydrogens is 467 g/mol. The van der Waals surface area contributed by atoms with Crippen molar-refractivity contribution in [3.05, 3.63) is 67.6 Å². The van der Waals surface area contributed by atoms with Gasteiger partial charge in [-0.25, -0.2) is 0 Å². The van der Waals surface area contributed by atoms with Crippen LogP contribution in [0.1, 0.15) is 11.1 Å². The molecule has 3 rings (SSSR count). The number of hydrogen-bond donors (Lipinski definition) is 0. The lowest BCUT2D eigenvalue weighted by atomic mass is 10.1. The number of halogens is 3. The summed E-state index contributed by atoms with van der Waals surface area (Å²) >= 11 is 13.2. The molecule has 0 unspecified atom stereocenters. The van der Waals surface area contributed by atoms with Crippen molar-refractivity contribution in [2.45, 2.75) is 13.0 Å². The number of rotatable bonds is 4. The second-order valence-corrected chi connectivity index (χ2v) is 8.29. The number of hydrogen-bond acceptors (Lipinski definition) is 2. The van der Waals surface area contributed by atoms with E-state index in [0.717, 1.165) is 47.2 Å². The molecule has 25 heavy (non-hydrogen) atoms. The quantitative estimate of drug-likeness (QED) is 0.623. The predicted octanol–water partition coefficient (Wildman–Crippen LogP) is 4.75. The second-order valence-electron chi connectivity index (χ2n) is 6.17. The first-order chi connectivity index (χ1) is 12.0. The van der Waals surface area contributed by atoms with Crippen molar-refractivity contribution < 1.29 is 4.79 Å². The minimum Gasteiger partial charge on any atom is -0.340 e. The molecule has 1 aliphatic rings. The van der Waals surface area contributed by atoms with Crippen molar-refractivity contribution in [1.29, 1.82) is 0 Å². The number of piperazine rings is 1.